The Bertz CT molecular complexity index is 567. The number of aromatic hydroxyl groups is 1. The maximum atomic E-state index is 9.49. The molecule has 0 aliphatic heterocycles. The summed E-state index contributed by atoms with van der Waals surface area (Å²) in [5, 5.41) is 13.9. The molecule has 1 aromatic carbocycles. The quantitative estimate of drug-likeness (QED) is 0.887. The topological polar surface area (TPSA) is 62.4 Å². The second-order valence-corrected chi connectivity index (χ2v) is 4.86. The van der Waals surface area contributed by atoms with Gasteiger partial charge in [-0.05, 0) is 31.3 Å². The van der Waals surface area contributed by atoms with E-state index >= 15 is 0 Å². The van der Waals surface area contributed by atoms with Gasteiger partial charge in [-0.25, -0.2) is 0 Å². The zero-order chi connectivity index (χ0) is 14.5. The van der Waals surface area contributed by atoms with Gasteiger partial charge in [-0.15, -0.1) is 0 Å². The van der Waals surface area contributed by atoms with Gasteiger partial charge in [0.25, 0.3) is 5.89 Å². The fraction of sp³-hybridized carbons (Fsp3) is 0.429. The molecule has 6 heteroatoms. The van der Waals surface area contributed by atoms with Gasteiger partial charge in [0.1, 0.15) is 5.75 Å². The van der Waals surface area contributed by atoms with Crippen molar-refractivity contribution in [2.75, 3.05) is 19.6 Å². The highest BCUT2D eigenvalue weighted by Crippen LogP contribution is 2.29. The summed E-state index contributed by atoms with van der Waals surface area (Å²) in [5.41, 5.74) is 0.549. The first-order valence-electron chi connectivity index (χ1n) is 6.67. The van der Waals surface area contributed by atoms with Crippen molar-refractivity contribution in [2.24, 2.45) is 0 Å². The molecule has 20 heavy (non-hydrogen) atoms. The van der Waals surface area contributed by atoms with Gasteiger partial charge in [0.05, 0.1) is 10.6 Å². The van der Waals surface area contributed by atoms with Gasteiger partial charge in [-0.3, -0.25) is 0 Å². The van der Waals surface area contributed by atoms with Crippen molar-refractivity contribution in [3.05, 3.63) is 29.0 Å². The van der Waals surface area contributed by atoms with E-state index in [1.54, 1.807) is 6.07 Å². The predicted molar refractivity (Wildman–Crippen MR) is 77.9 cm³/mol. The van der Waals surface area contributed by atoms with E-state index < -0.39 is 0 Å². The van der Waals surface area contributed by atoms with E-state index in [1.165, 1.54) is 12.1 Å². The molecule has 0 saturated heterocycles. The number of rotatable bonds is 6. The van der Waals surface area contributed by atoms with Crippen LogP contribution in [0.4, 0.5) is 0 Å². The summed E-state index contributed by atoms with van der Waals surface area (Å²) in [7, 11) is 0. The van der Waals surface area contributed by atoms with Crippen LogP contribution in [0.25, 0.3) is 11.5 Å². The SMILES string of the molecule is CCN(CC)CCc1noc(-c2cc(O)ccc2Cl)n1. The van der Waals surface area contributed by atoms with Gasteiger partial charge >= 0.3 is 0 Å². The molecule has 0 saturated carbocycles. The Morgan fingerprint density at radius 2 is 2.05 bits per heavy atom. The first-order valence-corrected chi connectivity index (χ1v) is 7.05. The number of hydrogen-bond donors (Lipinski definition) is 1. The normalized spacial score (nSPS) is 11.2. The fourth-order valence-electron chi connectivity index (χ4n) is 1.94. The summed E-state index contributed by atoms with van der Waals surface area (Å²) < 4.78 is 5.21. The number of nitrogens with zero attached hydrogens (tertiary/aromatic N) is 3. The van der Waals surface area contributed by atoms with Gasteiger partial charge in [-0.1, -0.05) is 30.6 Å². The van der Waals surface area contributed by atoms with Crippen molar-refractivity contribution >= 4 is 11.6 Å². The standard InChI is InChI=1S/C14H18ClN3O2/c1-3-18(4-2)8-7-13-16-14(20-17-13)11-9-10(19)5-6-12(11)15/h5-6,9,19H,3-4,7-8H2,1-2H3. The zero-order valence-corrected chi connectivity index (χ0v) is 12.4. The van der Waals surface area contributed by atoms with Crippen LogP contribution in [0.2, 0.25) is 5.02 Å². The van der Waals surface area contributed by atoms with Gasteiger partial charge in [-0.2, -0.15) is 4.98 Å². The van der Waals surface area contributed by atoms with Crippen LogP contribution in [0.5, 0.6) is 5.75 Å². The minimum absolute atomic E-state index is 0.118. The monoisotopic (exact) mass is 295 g/mol. The molecule has 2 aromatic rings. The molecule has 108 valence electrons. The molecule has 0 bridgehead atoms. The second-order valence-electron chi connectivity index (χ2n) is 4.46. The average molecular weight is 296 g/mol. The molecule has 0 unspecified atom stereocenters. The van der Waals surface area contributed by atoms with Crippen molar-refractivity contribution in [2.45, 2.75) is 20.3 Å². The fourth-order valence-corrected chi connectivity index (χ4v) is 2.14. The highest BCUT2D eigenvalue weighted by Gasteiger charge is 2.13. The molecule has 2 rings (SSSR count). The Morgan fingerprint density at radius 3 is 2.75 bits per heavy atom. The maximum absolute atomic E-state index is 9.49. The van der Waals surface area contributed by atoms with E-state index in [0.29, 0.717) is 22.3 Å². The molecular weight excluding hydrogens is 278 g/mol. The van der Waals surface area contributed by atoms with Gasteiger partial charge in [0.15, 0.2) is 5.82 Å². The molecule has 0 amide bonds. The third-order valence-electron chi connectivity index (χ3n) is 3.19. The Kier molecular flexibility index (Phi) is 4.98. The van der Waals surface area contributed by atoms with Crippen LogP contribution in [-0.4, -0.2) is 39.8 Å². The summed E-state index contributed by atoms with van der Waals surface area (Å²) in [4.78, 5) is 6.61. The Morgan fingerprint density at radius 1 is 1.30 bits per heavy atom. The van der Waals surface area contributed by atoms with E-state index in [0.717, 1.165) is 26.1 Å². The molecule has 1 aromatic heterocycles. The minimum Gasteiger partial charge on any atom is -0.508 e. The van der Waals surface area contributed by atoms with Crippen molar-refractivity contribution in [3.63, 3.8) is 0 Å². The summed E-state index contributed by atoms with van der Waals surface area (Å²) >= 11 is 6.07. The van der Waals surface area contributed by atoms with E-state index in [1.807, 2.05) is 0 Å². The minimum atomic E-state index is 0.118. The lowest BCUT2D eigenvalue weighted by Crippen LogP contribution is -2.25. The van der Waals surface area contributed by atoms with Crippen LogP contribution in [0, 0.1) is 0 Å². The molecular formula is C14H18ClN3O2. The van der Waals surface area contributed by atoms with E-state index in [4.69, 9.17) is 16.1 Å². The average Bonchev–Trinajstić information content (AvgIpc) is 2.91. The third kappa shape index (κ3) is 3.49. The number of phenols is 1. The van der Waals surface area contributed by atoms with E-state index in [2.05, 4.69) is 28.9 Å². The largest absolute Gasteiger partial charge is 0.508 e. The first kappa shape index (κ1) is 14.8. The molecule has 0 radical (unpaired) electrons. The number of phenolic OH excluding ortho intramolecular Hbond substituents is 1. The van der Waals surface area contributed by atoms with Crippen LogP contribution in [0.3, 0.4) is 0 Å². The van der Waals surface area contributed by atoms with Crippen LogP contribution < -0.4 is 0 Å². The van der Waals surface area contributed by atoms with Crippen molar-refractivity contribution in [3.8, 4) is 17.2 Å². The van der Waals surface area contributed by atoms with Crippen LogP contribution in [0.15, 0.2) is 22.7 Å². The third-order valence-corrected chi connectivity index (χ3v) is 3.52. The highest BCUT2D eigenvalue weighted by molar-refractivity contribution is 6.33. The second kappa shape index (κ2) is 6.72. The number of likely N-dealkylation sites (N-methyl/N-ethyl adjacent to an activating group) is 1. The number of halogens is 1. The van der Waals surface area contributed by atoms with E-state index in [9.17, 15) is 5.11 Å². The summed E-state index contributed by atoms with van der Waals surface area (Å²) in [6, 6.07) is 4.64. The van der Waals surface area contributed by atoms with Crippen LogP contribution >= 0.6 is 11.6 Å². The van der Waals surface area contributed by atoms with Crippen molar-refractivity contribution in [1.29, 1.82) is 0 Å². The molecule has 1 N–H and O–H groups in total. The lowest BCUT2D eigenvalue weighted by Gasteiger charge is -2.16. The number of hydrogen-bond acceptors (Lipinski definition) is 5. The molecule has 0 aliphatic rings. The summed E-state index contributed by atoms with van der Waals surface area (Å²) in [6.07, 6.45) is 0.724. The van der Waals surface area contributed by atoms with Gasteiger partial charge in [0, 0.05) is 13.0 Å². The molecule has 1 heterocycles. The zero-order valence-electron chi connectivity index (χ0n) is 11.6. The smallest absolute Gasteiger partial charge is 0.259 e. The lowest BCUT2D eigenvalue weighted by atomic mass is 10.2. The van der Waals surface area contributed by atoms with Crippen LogP contribution in [-0.2, 0) is 6.42 Å². The molecule has 0 aliphatic carbocycles. The molecule has 0 atom stereocenters. The molecule has 5 nitrogen and oxygen atoms in total. The highest BCUT2D eigenvalue weighted by atomic mass is 35.5. The Hall–Kier alpha value is -1.59. The Balaban J connectivity index is 2.10. The van der Waals surface area contributed by atoms with Crippen molar-refractivity contribution in [1.82, 2.24) is 15.0 Å². The summed E-state index contributed by atoms with van der Waals surface area (Å²) in [6.45, 7) is 7.13. The van der Waals surface area contributed by atoms with Gasteiger partial charge in [0.2, 0.25) is 0 Å². The lowest BCUT2D eigenvalue weighted by molar-refractivity contribution is 0.303. The van der Waals surface area contributed by atoms with Crippen LogP contribution in [0.1, 0.15) is 19.7 Å². The predicted octanol–water partition coefficient (Wildman–Crippen LogP) is 2.98. The molecule has 0 fully saturated rings. The Labute approximate surface area is 123 Å². The maximum Gasteiger partial charge on any atom is 0.259 e. The summed E-state index contributed by atoms with van der Waals surface area (Å²) in [5.74, 6) is 1.10. The molecule has 0 spiro atoms. The number of benzene rings is 1. The first-order chi connectivity index (χ1) is 9.63. The van der Waals surface area contributed by atoms with Crippen molar-refractivity contribution < 1.29 is 9.63 Å². The van der Waals surface area contributed by atoms with Gasteiger partial charge < -0.3 is 14.5 Å². The van der Waals surface area contributed by atoms with E-state index in [-0.39, 0.29) is 5.75 Å². The number of aromatic nitrogens is 2.